The van der Waals surface area contributed by atoms with Gasteiger partial charge in [0.15, 0.2) is 5.96 Å². The maximum absolute atomic E-state index is 5.93. The van der Waals surface area contributed by atoms with Crippen LogP contribution < -0.4 is 20.5 Å². The zero-order chi connectivity index (χ0) is 16.7. The molecule has 0 aliphatic carbocycles. The highest BCUT2D eigenvalue weighted by molar-refractivity contribution is 14.0. The second kappa shape index (κ2) is 10.2. The van der Waals surface area contributed by atoms with Crippen LogP contribution in [0.4, 0.5) is 5.69 Å². The van der Waals surface area contributed by atoms with Crippen LogP contribution in [0.1, 0.15) is 5.56 Å². The molecule has 5 nitrogen and oxygen atoms in total. The first-order valence-corrected chi connectivity index (χ1v) is 7.53. The summed E-state index contributed by atoms with van der Waals surface area (Å²) in [5, 5.41) is 3.76. The molecule has 0 spiro atoms. The lowest BCUT2D eigenvalue weighted by atomic mass is 10.1. The van der Waals surface area contributed by atoms with Crippen molar-refractivity contribution in [3.8, 4) is 11.5 Å². The molecule has 0 aromatic heterocycles. The number of anilines is 1. The van der Waals surface area contributed by atoms with Gasteiger partial charge in [-0.05, 0) is 36.2 Å². The molecular weight excluding hydrogens is 441 g/mol. The number of rotatable bonds is 6. The highest BCUT2D eigenvalue weighted by Crippen LogP contribution is 2.28. The minimum atomic E-state index is 0. The van der Waals surface area contributed by atoms with Gasteiger partial charge in [-0.3, -0.25) is 4.99 Å². The molecule has 2 aromatic carbocycles. The molecule has 0 heterocycles. The molecule has 2 rings (SSSR count). The van der Waals surface area contributed by atoms with Crippen LogP contribution >= 0.6 is 35.6 Å². The second-order valence-electron chi connectivity index (χ2n) is 4.83. The molecule has 0 saturated carbocycles. The Morgan fingerprint density at radius 2 is 1.83 bits per heavy atom. The smallest absolute Gasteiger partial charge is 0.193 e. The Morgan fingerprint density at radius 1 is 1.12 bits per heavy atom. The molecule has 0 unspecified atom stereocenters. The monoisotopic (exact) mass is 461 g/mol. The van der Waals surface area contributed by atoms with Crippen LogP contribution in [0.5, 0.6) is 11.5 Å². The lowest BCUT2D eigenvalue weighted by Gasteiger charge is -2.12. The van der Waals surface area contributed by atoms with Crippen LogP contribution in [0.3, 0.4) is 0 Å². The van der Waals surface area contributed by atoms with E-state index in [0.29, 0.717) is 29.7 Å². The van der Waals surface area contributed by atoms with Gasteiger partial charge in [0.2, 0.25) is 0 Å². The molecule has 0 atom stereocenters. The number of methoxy groups -OCH3 is 2. The molecule has 0 fully saturated rings. The normalized spacial score (nSPS) is 10.7. The highest BCUT2D eigenvalue weighted by Gasteiger charge is 2.06. The molecule has 0 radical (unpaired) electrons. The fourth-order valence-electron chi connectivity index (χ4n) is 2.05. The Morgan fingerprint density at radius 3 is 2.46 bits per heavy atom. The molecular formula is C17H21ClIN3O2. The van der Waals surface area contributed by atoms with Crippen molar-refractivity contribution in [3.05, 3.63) is 53.1 Å². The van der Waals surface area contributed by atoms with Crippen LogP contribution in [0.25, 0.3) is 0 Å². The van der Waals surface area contributed by atoms with Gasteiger partial charge in [0.05, 0.1) is 19.9 Å². The first kappa shape index (κ1) is 20.4. The number of nitrogens with zero attached hydrogens (tertiary/aromatic N) is 1. The number of hydrogen-bond acceptors (Lipinski definition) is 3. The molecule has 0 aliphatic heterocycles. The molecule has 130 valence electrons. The Labute approximate surface area is 164 Å². The predicted octanol–water partition coefficient (Wildman–Crippen LogP) is 3.94. The van der Waals surface area contributed by atoms with Crippen molar-refractivity contribution in [3.63, 3.8) is 0 Å². The van der Waals surface area contributed by atoms with Gasteiger partial charge in [0, 0.05) is 17.6 Å². The zero-order valence-corrected chi connectivity index (χ0v) is 16.7. The van der Waals surface area contributed by atoms with Crippen LogP contribution in [-0.4, -0.2) is 26.7 Å². The summed E-state index contributed by atoms with van der Waals surface area (Å²) in [5.74, 6) is 1.70. The lowest BCUT2D eigenvalue weighted by molar-refractivity contribution is 0.405. The largest absolute Gasteiger partial charge is 0.497 e. The third-order valence-electron chi connectivity index (χ3n) is 3.27. The van der Waals surface area contributed by atoms with E-state index in [2.05, 4.69) is 10.3 Å². The third kappa shape index (κ3) is 6.09. The quantitative estimate of drug-likeness (QED) is 0.388. The SMILES string of the molecule is COc1ccc(OC)c(NC(N)=NCCc2ccc(Cl)cc2)c1.I. The first-order valence-electron chi connectivity index (χ1n) is 7.16. The number of halogens is 2. The fourth-order valence-corrected chi connectivity index (χ4v) is 2.17. The van der Waals surface area contributed by atoms with Crippen LogP contribution in [-0.2, 0) is 6.42 Å². The molecule has 0 amide bonds. The topological polar surface area (TPSA) is 68.9 Å². The number of benzene rings is 2. The van der Waals surface area contributed by atoms with Gasteiger partial charge in [0.1, 0.15) is 11.5 Å². The summed E-state index contributed by atoms with van der Waals surface area (Å²) in [6.45, 7) is 0.576. The van der Waals surface area contributed by atoms with Crippen molar-refractivity contribution in [2.75, 3.05) is 26.1 Å². The number of nitrogens with two attached hydrogens (primary N) is 1. The van der Waals surface area contributed by atoms with Crippen molar-refractivity contribution < 1.29 is 9.47 Å². The summed E-state index contributed by atoms with van der Waals surface area (Å²) in [6.07, 6.45) is 0.787. The van der Waals surface area contributed by atoms with Crippen molar-refractivity contribution in [2.45, 2.75) is 6.42 Å². The summed E-state index contributed by atoms with van der Waals surface area (Å²) in [6, 6.07) is 13.1. The summed E-state index contributed by atoms with van der Waals surface area (Å²) in [5.41, 5.74) is 7.80. The second-order valence-corrected chi connectivity index (χ2v) is 5.27. The molecule has 2 aromatic rings. The Hall–Kier alpha value is -1.67. The molecule has 7 heteroatoms. The van der Waals surface area contributed by atoms with Gasteiger partial charge in [-0.1, -0.05) is 23.7 Å². The van der Waals surface area contributed by atoms with Crippen molar-refractivity contribution in [1.29, 1.82) is 0 Å². The number of guanidine groups is 1. The molecule has 3 N–H and O–H groups in total. The first-order chi connectivity index (χ1) is 11.1. The maximum Gasteiger partial charge on any atom is 0.193 e. The van der Waals surface area contributed by atoms with Crippen LogP contribution in [0, 0.1) is 0 Å². The van der Waals surface area contributed by atoms with E-state index in [9.17, 15) is 0 Å². The molecule has 0 aliphatic rings. The van der Waals surface area contributed by atoms with E-state index in [0.717, 1.165) is 17.0 Å². The van der Waals surface area contributed by atoms with Gasteiger partial charge in [-0.15, -0.1) is 24.0 Å². The Balaban J connectivity index is 0.00000288. The Bertz CT molecular complexity index is 678. The minimum Gasteiger partial charge on any atom is -0.497 e. The van der Waals surface area contributed by atoms with Crippen LogP contribution in [0.2, 0.25) is 5.02 Å². The summed E-state index contributed by atoms with van der Waals surface area (Å²) in [7, 11) is 3.20. The number of nitrogens with one attached hydrogen (secondary N) is 1. The van der Waals surface area contributed by atoms with E-state index in [-0.39, 0.29) is 24.0 Å². The van der Waals surface area contributed by atoms with E-state index < -0.39 is 0 Å². The van der Waals surface area contributed by atoms with E-state index in [1.54, 1.807) is 20.3 Å². The lowest BCUT2D eigenvalue weighted by Crippen LogP contribution is -2.23. The zero-order valence-electron chi connectivity index (χ0n) is 13.6. The van der Waals surface area contributed by atoms with Crippen molar-refractivity contribution in [1.82, 2.24) is 0 Å². The van der Waals surface area contributed by atoms with E-state index in [1.165, 1.54) is 0 Å². The average molecular weight is 462 g/mol. The van der Waals surface area contributed by atoms with E-state index in [1.807, 2.05) is 36.4 Å². The highest BCUT2D eigenvalue weighted by atomic mass is 127. The molecule has 24 heavy (non-hydrogen) atoms. The maximum atomic E-state index is 5.93. The van der Waals surface area contributed by atoms with Gasteiger partial charge < -0.3 is 20.5 Å². The summed E-state index contributed by atoms with van der Waals surface area (Å²) < 4.78 is 10.5. The molecule has 0 bridgehead atoms. The van der Waals surface area contributed by atoms with E-state index >= 15 is 0 Å². The molecule has 0 saturated heterocycles. The van der Waals surface area contributed by atoms with Gasteiger partial charge >= 0.3 is 0 Å². The number of ether oxygens (including phenoxy) is 2. The minimum absolute atomic E-state index is 0. The van der Waals surface area contributed by atoms with Crippen molar-refractivity contribution >= 4 is 47.2 Å². The average Bonchev–Trinajstić information content (AvgIpc) is 2.56. The third-order valence-corrected chi connectivity index (χ3v) is 3.52. The van der Waals surface area contributed by atoms with Gasteiger partial charge in [0.25, 0.3) is 0 Å². The number of aliphatic imine (C=N–C) groups is 1. The standard InChI is InChI=1S/C17H20ClN3O2.HI/c1-22-14-7-8-16(23-2)15(11-14)21-17(19)20-10-9-12-3-5-13(18)6-4-12;/h3-8,11H,9-10H2,1-2H3,(H3,19,20,21);1H. The number of hydrogen-bond donors (Lipinski definition) is 2. The van der Waals surface area contributed by atoms with Crippen LogP contribution in [0.15, 0.2) is 47.5 Å². The Kier molecular flexibility index (Phi) is 8.70. The van der Waals surface area contributed by atoms with Crippen molar-refractivity contribution in [2.24, 2.45) is 10.7 Å². The summed E-state index contributed by atoms with van der Waals surface area (Å²) in [4.78, 5) is 4.32. The fraction of sp³-hybridized carbons (Fsp3) is 0.235. The van der Waals surface area contributed by atoms with E-state index in [4.69, 9.17) is 26.8 Å². The van der Waals surface area contributed by atoms with Gasteiger partial charge in [-0.25, -0.2) is 0 Å². The summed E-state index contributed by atoms with van der Waals surface area (Å²) >= 11 is 5.86. The van der Waals surface area contributed by atoms with Gasteiger partial charge in [-0.2, -0.15) is 0 Å². The predicted molar refractivity (Wildman–Crippen MR) is 110 cm³/mol.